The summed E-state index contributed by atoms with van der Waals surface area (Å²) in [5.41, 5.74) is 4.06. The second kappa shape index (κ2) is 6.10. The first kappa shape index (κ1) is 13.9. The molecule has 5 heteroatoms. The number of hydrogen-bond acceptors (Lipinski definition) is 2. The molecule has 0 aliphatic heterocycles. The van der Waals surface area contributed by atoms with Crippen LogP contribution in [0.4, 0.5) is 8.78 Å². The standard InChI is InChI=1S/C14H13ClF2N2/c15-14-11(2-1-3-12(14)17)13(19-18)8-9-4-6-10(16)7-5-9/h1-7,13,19H,8,18H2. The number of halogens is 3. The highest BCUT2D eigenvalue weighted by atomic mass is 35.5. The Bertz CT molecular complexity index is 558. The maximum absolute atomic E-state index is 13.4. The van der Waals surface area contributed by atoms with Crippen LogP contribution in [0.5, 0.6) is 0 Å². The molecule has 1 unspecified atom stereocenters. The van der Waals surface area contributed by atoms with Gasteiger partial charge >= 0.3 is 0 Å². The van der Waals surface area contributed by atoms with Crippen LogP contribution >= 0.6 is 11.6 Å². The van der Waals surface area contributed by atoms with Crippen molar-refractivity contribution in [2.75, 3.05) is 0 Å². The van der Waals surface area contributed by atoms with Crippen LogP contribution in [0, 0.1) is 11.6 Å². The molecule has 2 aromatic carbocycles. The molecule has 100 valence electrons. The Morgan fingerprint density at radius 3 is 2.42 bits per heavy atom. The van der Waals surface area contributed by atoms with Gasteiger partial charge < -0.3 is 0 Å². The lowest BCUT2D eigenvalue weighted by Crippen LogP contribution is -2.30. The molecule has 2 rings (SSSR count). The van der Waals surface area contributed by atoms with Crippen LogP contribution in [0.1, 0.15) is 17.2 Å². The zero-order valence-corrected chi connectivity index (χ0v) is 10.8. The number of hydrazine groups is 1. The first-order valence-electron chi connectivity index (χ1n) is 5.76. The van der Waals surface area contributed by atoms with E-state index in [0.29, 0.717) is 12.0 Å². The SMILES string of the molecule is NNC(Cc1ccc(F)cc1)c1cccc(F)c1Cl. The van der Waals surface area contributed by atoms with Gasteiger partial charge in [0.2, 0.25) is 0 Å². The average Bonchev–Trinajstić information content (AvgIpc) is 2.42. The van der Waals surface area contributed by atoms with E-state index in [-0.39, 0.29) is 16.9 Å². The molecule has 0 fully saturated rings. The third-order valence-corrected chi connectivity index (χ3v) is 3.31. The van der Waals surface area contributed by atoms with E-state index in [9.17, 15) is 8.78 Å². The van der Waals surface area contributed by atoms with Crippen molar-refractivity contribution in [1.82, 2.24) is 5.43 Å². The molecule has 0 aromatic heterocycles. The molecule has 2 nitrogen and oxygen atoms in total. The van der Waals surface area contributed by atoms with Crippen LogP contribution < -0.4 is 11.3 Å². The summed E-state index contributed by atoms with van der Waals surface area (Å²) in [5.74, 6) is 4.71. The molecule has 0 aliphatic carbocycles. The molecule has 0 heterocycles. The lowest BCUT2D eigenvalue weighted by molar-refractivity contribution is 0.544. The van der Waals surface area contributed by atoms with Gasteiger partial charge in [0.1, 0.15) is 11.6 Å². The molecule has 0 bridgehead atoms. The monoisotopic (exact) mass is 282 g/mol. The fourth-order valence-electron chi connectivity index (χ4n) is 1.90. The summed E-state index contributed by atoms with van der Waals surface area (Å²) < 4.78 is 26.3. The highest BCUT2D eigenvalue weighted by Gasteiger charge is 2.16. The van der Waals surface area contributed by atoms with Crippen LogP contribution in [0.25, 0.3) is 0 Å². The maximum atomic E-state index is 13.4. The fraction of sp³-hybridized carbons (Fsp3) is 0.143. The summed E-state index contributed by atoms with van der Waals surface area (Å²) >= 11 is 5.93. The number of rotatable bonds is 4. The molecule has 19 heavy (non-hydrogen) atoms. The van der Waals surface area contributed by atoms with Gasteiger partial charge in [0.15, 0.2) is 0 Å². The van der Waals surface area contributed by atoms with Gasteiger partial charge in [0, 0.05) is 0 Å². The fourth-order valence-corrected chi connectivity index (χ4v) is 2.16. The summed E-state index contributed by atoms with van der Waals surface area (Å²) in [4.78, 5) is 0. The Morgan fingerprint density at radius 1 is 1.11 bits per heavy atom. The lowest BCUT2D eigenvalue weighted by Gasteiger charge is -2.18. The van der Waals surface area contributed by atoms with Crippen LogP contribution in [-0.4, -0.2) is 0 Å². The van der Waals surface area contributed by atoms with Gasteiger partial charge in [0.25, 0.3) is 0 Å². The van der Waals surface area contributed by atoms with E-state index in [4.69, 9.17) is 17.4 Å². The minimum atomic E-state index is -0.487. The van der Waals surface area contributed by atoms with Crippen molar-refractivity contribution < 1.29 is 8.78 Å². The Hall–Kier alpha value is -1.49. The highest BCUT2D eigenvalue weighted by molar-refractivity contribution is 6.31. The van der Waals surface area contributed by atoms with E-state index in [2.05, 4.69) is 5.43 Å². The third-order valence-electron chi connectivity index (χ3n) is 2.91. The van der Waals surface area contributed by atoms with Crippen molar-refractivity contribution >= 4 is 11.6 Å². The zero-order chi connectivity index (χ0) is 13.8. The highest BCUT2D eigenvalue weighted by Crippen LogP contribution is 2.27. The molecule has 1 atom stereocenters. The van der Waals surface area contributed by atoms with Crippen molar-refractivity contribution in [2.24, 2.45) is 5.84 Å². The summed E-state index contributed by atoms with van der Waals surface area (Å²) in [5, 5.41) is 0.0487. The van der Waals surface area contributed by atoms with Gasteiger partial charge in [-0.15, -0.1) is 0 Å². The van der Waals surface area contributed by atoms with Crippen molar-refractivity contribution in [2.45, 2.75) is 12.5 Å². The largest absolute Gasteiger partial charge is 0.271 e. The Balaban J connectivity index is 2.25. The van der Waals surface area contributed by atoms with E-state index in [1.54, 1.807) is 24.3 Å². The van der Waals surface area contributed by atoms with E-state index in [0.717, 1.165) is 5.56 Å². The van der Waals surface area contributed by atoms with Crippen molar-refractivity contribution in [3.63, 3.8) is 0 Å². The minimum Gasteiger partial charge on any atom is -0.271 e. The first-order valence-corrected chi connectivity index (χ1v) is 6.14. The molecular formula is C14H13ClF2N2. The van der Waals surface area contributed by atoms with E-state index >= 15 is 0 Å². The number of benzene rings is 2. The molecule has 2 aromatic rings. The predicted octanol–water partition coefficient (Wildman–Crippen LogP) is 3.37. The van der Waals surface area contributed by atoms with Gasteiger partial charge in [0.05, 0.1) is 11.1 Å². The van der Waals surface area contributed by atoms with E-state index < -0.39 is 5.82 Å². The topological polar surface area (TPSA) is 38.0 Å². The quantitative estimate of drug-likeness (QED) is 0.666. The number of nitrogens with two attached hydrogens (primary N) is 1. The van der Waals surface area contributed by atoms with Gasteiger partial charge in [-0.05, 0) is 35.7 Å². The Kier molecular flexibility index (Phi) is 4.47. The minimum absolute atomic E-state index is 0.0487. The summed E-state index contributed by atoms with van der Waals surface area (Å²) in [6, 6.07) is 10.3. The Morgan fingerprint density at radius 2 is 1.79 bits per heavy atom. The zero-order valence-electron chi connectivity index (χ0n) is 10.0. The van der Waals surface area contributed by atoms with Gasteiger partial charge in [-0.2, -0.15) is 0 Å². The van der Waals surface area contributed by atoms with Crippen LogP contribution in [0.15, 0.2) is 42.5 Å². The van der Waals surface area contributed by atoms with E-state index in [1.807, 2.05) is 0 Å². The normalized spacial score (nSPS) is 12.4. The molecule has 0 saturated carbocycles. The van der Waals surface area contributed by atoms with Gasteiger partial charge in [-0.1, -0.05) is 35.9 Å². The van der Waals surface area contributed by atoms with Crippen molar-refractivity contribution in [1.29, 1.82) is 0 Å². The molecule has 3 N–H and O–H groups in total. The van der Waals surface area contributed by atoms with Gasteiger partial charge in [-0.3, -0.25) is 11.3 Å². The van der Waals surface area contributed by atoms with Crippen molar-refractivity contribution in [3.05, 3.63) is 70.2 Å². The summed E-state index contributed by atoms with van der Waals surface area (Å²) in [6.45, 7) is 0. The second-order valence-corrected chi connectivity index (χ2v) is 4.57. The summed E-state index contributed by atoms with van der Waals surface area (Å²) in [6.07, 6.45) is 0.486. The molecular weight excluding hydrogens is 270 g/mol. The molecule has 0 amide bonds. The van der Waals surface area contributed by atoms with Crippen LogP contribution in [-0.2, 0) is 6.42 Å². The van der Waals surface area contributed by atoms with Gasteiger partial charge in [-0.25, -0.2) is 8.78 Å². The van der Waals surface area contributed by atoms with Crippen molar-refractivity contribution in [3.8, 4) is 0 Å². The van der Waals surface area contributed by atoms with E-state index in [1.165, 1.54) is 18.2 Å². The number of nitrogens with one attached hydrogen (secondary N) is 1. The predicted molar refractivity (Wildman–Crippen MR) is 71.6 cm³/mol. The smallest absolute Gasteiger partial charge is 0.142 e. The number of hydrogen-bond donors (Lipinski definition) is 2. The third kappa shape index (κ3) is 3.29. The maximum Gasteiger partial charge on any atom is 0.142 e. The average molecular weight is 283 g/mol. The molecule has 0 saturated heterocycles. The summed E-state index contributed by atoms with van der Waals surface area (Å²) in [7, 11) is 0. The molecule has 0 aliphatic rings. The molecule has 0 spiro atoms. The molecule has 0 radical (unpaired) electrons. The van der Waals surface area contributed by atoms with Crippen LogP contribution in [0.2, 0.25) is 5.02 Å². The lowest BCUT2D eigenvalue weighted by atomic mass is 9.99. The van der Waals surface area contributed by atoms with Crippen LogP contribution in [0.3, 0.4) is 0 Å². The first-order chi connectivity index (χ1) is 9.11. The Labute approximate surface area is 115 Å². The second-order valence-electron chi connectivity index (χ2n) is 4.19.